The van der Waals surface area contributed by atoms with Gasteiger partial charge in [-0.3, -0.25) is 0 Å². The molecule has 3 nitrogen and oxygen atoms in total. The van der Waals surface area contributed by atoms with Crippen molar-refractivity contribution in [3.05, 3.63) is 14.5 Å². The number of thiazole rings is 1. The summed E-state index contributed by atoms with van der Waals surface area (Å²) < 4.78 is 0.536. The second-order valence-corrected chi connectivity index (χ2v) is 4.27. The molecule has 1 heterocycles. The smallest absolute Gasteiger partial charge is 0.111 e. The van der Waals surface area contributed by atoms with Crippen LogP contribution in [0.4, 0.5) is 0 Å². The van der Waals surface area contributed by atoms with E-state index in [0.29, 0.717) is 3.79 Å². The lowest BCUT2D eigenvalue weighted by atomic mass is 10.5. The third kappa shape index (κ3) is 1.78. The first-order valence-corrected chi connectivity index (χ1v) is 4.62. The van der Waals surface area contributed by atoms with Crippen molar-refractivity contribution >= 4 is 33.2 Å². The van der Waals surface area contributed by atoms with Crippen LogP contribution >= 0.6 is 27.3 Å². The van der Waals surface area contributed by atoms with Crippen molar-refractivity contribution in [2.45, 2.75) is 13.3 Å². The predicted octanol–water partition coefficient (Wildman–Crippen LogP) is 0.831. The average Bonchev–Trinajstić information content (AvgIpc) is 2.30. The Labute approximate surface area is 76.2 Å². The highest BCUT2D eigenvalue weighted by atomic mass is 79.9. The maximum absolute atomic E-state index is 10.4. The van der Waals surface area contributed by atoms with Crippen LogP contribution in [-0.4, -0.2) is 11.0 Å². The maximum atomic E-state index is 10.4. The van der Waals surface area contributed by atoms with Gasteiger partial charge in [-0.15, -0.1) is 11.3 Å². The van der Waals surface area contributed by atoms with Gasteiger partial charge in [0.25, 0.3) is 0 Å². The molecule has 0 amide bonds. The van der Waals surface area contributed by atoms with Gasteiger partial charge in [0.05, 0.1) is 14.8 Å². The molecule has 0 bridgehead atoms. The summed E-state index contributed by atoms with van der Waals surface area (Å²) in [6.07, 6.45) is 0.747. The Morgan fingerprint density at radius 2 is 2.45 bits per heavy atom. The summed E-state index contributed by atoms with van der Waals surface area (Å²) in [5, 5.41) is 11.2. The molecule has 11 heavy (non-hydrogen) atoms. The Bertz CT molecular complexity index is 284. The zero-order valence-electron chi connectivity index (χ0n) is 5.76. The van der Waals surface area contributed by atoms with Gasteiger partial charge in [0.15, 0.2) is 0 Å². The van der Waals surface area contributed by atoms with Gasteiger partial charge in [0.1, 0.15) is 5.69 Å². The molecule has 1 rings (SSSR count). The number of carboxylic acid groups (broad SMARTS) is 1. The highest BCUT2D eigenvalue weighted by Gasteiger charge is 2.07. The second kappa shape index (κ2) is 3.32. The lowest BCUT2D eigenvalue weighted by Gasteiger charge is -1.94. The van der Waals surface area contributed by atoms with E-state index < -0.39 is 5.97 Å². The van der Waals surface area contributed by atoms with Crippen LogP contribution in [0, 0.1) is 0 Å². The van der Waals surface area contributed by atoms with E-state index in [-0.39, 0.29) is 5.69 Å². The fourth-order valence-electron chi connectivity index (χ4n) is 0.620. The molecule has 0 atom stereocenters. The number of nitrogens with zero attached hydrogens (tertiary/aromatic N) is 1. The van der Waals surface area contributed by atoms with Gasteiger partial charge in [0, 0.05) is 0 Å². The predicted molar refractivity (Wildman–Crippen MR) is 43.5 cm³/mol. The van der Waals surface area contributed by atoms with E-state index in [1.165, 1.54) is 11.3 Å². The minimum atomic E-state index is -1.23. The largest absolute Gasteiger partial charge is 0.543 e. The summed E-state index contributed by atoms with van der Waals surface area (Å²) in [5.41, 5.74) is 0.00634. The van der Waals surface area contributed by atoms with Crippen molar-refractivity contribution in [2.24, 2.45) is 0 Å². The Kier molecular flexibility index (Phi) is 2.62. The monoisotopic (exact) mass is 234 g/mol. The van der Waals surface area contributed by atoms with E-state index in [9.17, 15) is 9.90 Å². The van der Waals surface area contributed by atoms with Crippen molar-refractivity contribution in [1.29, 1.82) is 0 Å². The second-order valence-electron chi connectivity index (χ2n) is 1.87. The van der Waals surface area contributed by atoms with E-state index in [4.69, 9.17) is 0 Å². The number of hydrogen-bond donors (Lipinski definition) is 0. The molecule has 5 heteroatoms. The molecule has 0 aromatic carbocycles. The summed E-state index contributed by atoms with van der Waals surface area (Å²) in [6, 6.07) is 0. The van der Waals surface area contributed by atoms with E-state index in [1.807, 2.05) is 6.92 Å². The third-order valence-corrected chi connectivity index (χ3v) is 2.98. The minimum absolute atomic E-state index is 0.00634. The normalized spacial score (nSPS) is 10.0. The molecule has 0 aliphatic heterocycles. The van der Waals surface area contributed by atoms with Crippen LogP contribution in [0.2, 0.25) is 0 Å². The SMILES string of the molecule is CCc1nc(C(=O)[O-])c(Br)s1. The van der Waals surface area contributed by atoms with Crippen molar-refractivity contribution in [1.82, 2.24) is 4.98 Å². The van der Waals surface area contributed by atoms with Crippen molar-refractivity contribution in [3.8, 4) is 0 Å². The van der Waals surface area contributed by atoms with E-state index in [0.717, 1.165) is 11.4 Å². The molecular formula is C6H5BrNO2S-. The molecule has 0 spiro atoms. The molecule has 0 unspecified atom stereocenters. The first-order valence-electron chi connectivity index (χ1n) is 3.01. The summed E-state index contributed by atoms with van der Waals surface area (Å²) in [5.74, 6) is -1.23. The molecule has 0 saturated carbocycles. The van der Waals surface area contributed by atoms with E-state index in [1.54, 1.807) is 0 Å². The first kappa shape index (κ1) is 8.67. The first-order chi connectivity index (χ1) is 5.15. The summed E-state index contributed by atoms with van der Waals surface area (Å²) in [6.45, 7) is 1.92. The van der Waals surface area contributed by atoms with Gasteiger partial charge in [-0.25, -0.2) is 4.98 Å². The molecule has 60 valence electrons. The number of aromatic nitrogens is 1. The molecule has 0 N–H and O–H groups in total. The summed E-state index contributed by atoms with van der Waals surface area (Å²) >= 11 is 4.42. The number of halogens is 1. The number of carbonyl (C=O) groups is 1. The van der Waals surface area contributed by atoms with Crippen LogP contribution in [0.1, 0.15) is 22.4 Å². The van der Waals surface area contributed by atoms with Gasteiger partial charge < -0.3 is 9.90 Å². The third-order valence-electron chi connectivity index (χ3n) is 1.13. The molecule has 1 aromatic rings. The standard InChI is InChI=1S/C6H6BrNO2S/c1-2-3-8-4(6(9)10)5(7)11-3/h2H2,1H3,(H,9,10)/p-1. The fraction of sp³-hybridized carbons (Fsp3) is 0.333. The maximum Gasteiger partial charge on any atom is 0.111 e. The number of rotatable bonds is 2. The minimum Gasteiger partial charge on any atom is -0.543 e. The highest BCUT2D eigenvalue weighted by molar-refractivity contribution is 9.11. The Morgan fingerprint density at radius 1 is 1.82 bits per heavy atom. The number of aromatic carboxylic acids is 1. The topological polar surface area (TPSA) is 53.0 Å². The van der Waals surface area contributed by atoms with Crippen LogP contribution in [0.15, 0.2) is 3.79 Å². The average molecular weight is 235 g/mol. The number of aryl methyl sites for hydroxylation is 1. The quantitative estimate of drug-likeness (QED) is 0.762. The van der Waals surface area contributed by atoms with Crippen LogP contribution in [0.3, 0.4) is 0 Å². The zero-order chi connectivity index (χ0) is 8.43. The molecule has 0 aliphatic rings. The van der Waals surface area contributed by atoms with Gasteiger partial charge in [-0.1, -0.05) is 6.92 Å². The molecule has 0 aliphatic carbocycles. The van der Waals surface area contributed by atoms with Crippen LogP contribution in [0.25, 0.3) is 0 Å². The molecule has 0 saturated heterocycles. The van der Waals surface area contributed by atoms with E-state index >= 15 is 0 Å². The zero-order valence-corrected chi connectivity index (χ0v) is 8.16. The Hall–Kier alpha value is -0.420. The van der Waals surface area contributed by atoms with Crippen LogP contribution < -0.4 is 5.11 Å². The van der Waals surface area contributed by atoms with Crippen molar-refractivity contribution in [3.63, 3.8) is 0 Å². The Morgan fingerprint density at radius 3 is 2.73 bits per heavy atom. The lowest BCUT2D eigenvalue weighted by molar-refractivity contribution is -0.255. The molecule has 0 radical (unpaired) electrons. The fourth-order valence-corrected chi connectivity index (χ4v) is 2.15. The van der Waals surface area contributed by atoms with Gasteiger partial charge in [0.2, 0.25) is 0 Å². The highest BCUT2D eigenvalue weighted by Crippen LogP contribution is 2.24. The molecular weight excluding hydrogens is 230 g/mol. The lowest BCUT2D eigenvalue weighted by Crippen LogP contribution is -2.23. The summed E-state index contributed by atoms with van der Waals surface area (Å²) in [7, 11) is 0. The van der Waals surface area contributed by atoms with Crippen LogP contribution in [-0.2, 0) is 6.42 Å². The van der Waals surface area contributed by atoms with Gasteiger partial charge in [-0.2, -0.15) is 0 Å². The summed E-state index contributed by atoms with van der Waals surface area (Å²) in [4.78, 5) is 14.2. The van der Waals surface area contributed by atoms with Crippen molar-refractivity contribution in [2.75, 3.05) is 0 Å². The number of carboxylic acids is 1. The van der Waals surface area contributed by atoms with Crippen molar-refractivity contribution < 1.29 is 9.90 Å². The Balaban J connectivity index is 3.07. The van der Waals surface area contributed by atoms with Gasteiger partial charge in [-0.05, 0) is 22.4 Å². The van der Waals surface area contributed by atoms with E-state index in [2.05, 4.69) is 20.9 Å². The molecule has 1 aromatic heterocycles. The number of hydrogen-bond acceptors (Lipinski definition) is 4. The van der Waals surface area contributed by atoms with Gasteiger partial charge >= 0.3 is 0 Å². The molecule has 0 fully saturated rings. The van der Waals surface area contributed by atoms with Crippen LogP contribution in [0.5, 0.6) is 0 Å². The number of carbonyl (C=O) groups excluding carboxylic acids is 1.